The summed E-state index contributed by atoms with van der Waals surface area (Å²) in [6.45, 7) is 1.87. The van der Waals surface area contributed by atoms with Gasteiger partial charge in [-0.3, -0.25) is 4.79 Å². The van der Waals surface area contributed by atoms with Crippen molar-refractivity contribution in [3.63, 3.8) is 0 Å². The molecule has 4 rings (SSSR count). The Bertz CT molecular complexity index is 984. The van der Waals surface area contributed by atoms with Crippen LogP contribution in [0.4, 0.5) is 5.82 Å². The van der Waals surface area contributed by atoms with Crippen molar-refractivity contribution in [3.8, 4) is 5.75 Å². The van der Waals surface area contributed by atoms with Gasteiger partial charge in [0.25, 0.3) is 0 Å². The third-order valence-corrected chi connectivity index (χ3v) is 7.78. The number of amides is 1. The first-order valence-corrected chi connectivity index (χ1v) is 11.2. The average molecular weight is 393 g/mol. The largest absolute Gasteiger partial charge is 0.508 e. The molecule has 26 heavy (non-hydrogen) atoms. The summed E-state index contributed by atoms with van der Waals surface area (Å²) in [5.74, 6) is 1.07. The molecule has 0 bridgehead atoms. The van der Waals surface area contributed by atoms with Crippen LogP contribution >= 0.6 is 11.8 Å². The third kappa shape index (κ3) is 3.09. The number of nitrogens with one attached hydrogen (secondary N) is 1. The van der Waals surface area contributed by atoms with Crippen LogP contribution in [0.15, 0.2) is 24.3 Å². The lowest BCUT2D eigenvalue weighted by Gasteiger charge is -2.16. The highest BCUT2D eigenvalue weighted by atomic mass is 32.2. The van der Waals surface area contributed by atoms with Crippen LogP contribution in [0, 0.1) is 6.92 Å². The van der Waals surface area contributed by atoms with E-state index in [9.17, 15) is 18.3 Å². The fourth-order valence-corrected chi connectivity index (χ4v) is 6.46. The van der Waals surface area contributed by atoms with E-state index in [2.05, 4.69) is 10.4 Å². The van der Waals surface area contributed by atoms with Gasteiger partial charge >= 0.3 is 0 Å². The van der Waals surface area contributed by atoms with Crippen molar-refractivity contribution in [1.29, 1.82) is 0 Å². The van der Waals surface area contributed by atoms with Gasteiger partial charge in [0.2, 0.25) is 5.91 Å². The van der Waals surface area contributed by atoms with Gasteiger partial charge in [0.1, 0.15) is 11.6 Å². The van der Waals surface area contributed by atoms with Gasteiger partial charge in [0.15, 0.2) is 9.84 Å². The number of hydrogen-bond donors (Lipinski definition) is 2. The van der Waals surface area contributed by atoms with Crippen LogP contribution in [0.3, 0.4) is 0 Å². The van der Waals surface area contributed by atoms with Crippen molar-refractivity contribution in [2.75, 3.05) is 22.6 Å². The van der Waals surface area contributed by atoms with Crippen molar-refractivity contribution < 1.29 is 18.3 Å². The molecule has 9 heteroatoms. The molecule has 2 atom stereocenters. The number of aromatic hydroxyl groups is 1. The van der Waals surface area contributed by atoms with Crippen LogP contribution in [0.25, 0.3) is 0 Å². The summed E-state index contributed by atoms with van der Waals surface area (Å²) in [7, 11) is -3.07. The molecular formula is C17H19N3O4S2. The predicted octanol–water partition coefficient (Wildman–Crippen LogP) is 2.03. The number of aromatic nitrogens is 2. The number of aryl methyl sites for hydroxylation is 1. The summed E-state index contributed by atoms with van der Waals surface area (Å²) in [6, 6.07) is 6.71. The Labute approximate surface area is 155 Å². The number of phenols is 1. The van der Waals surface area contributed by atoms with Gasteiger partial charge in [0.05, 0.1) is 34.2 Å². The molecular weight excluding hydrogens is 374 g/mol. The van der Waals surface area contributed by atoms with E-state index in [-0.39, 0.29) is 40.2 Å². The van der Waals surface area contributed by atoms with E-state index in [4.69, 9.17) is 0 Å². The summed E-state index contributed by atoms with van der Waals surface area (Å²) in [5.41, 5.74) is 2.51. The minimum atomic E-state index is -3.07. The minimum absolute atomic E-state index is 0.0420. The van der Waals surface area contributed by atoms with Crippen LogP contribution in [0.2, 0.25) is 0 Å². The monoisotopic (exact) mass is 393 g/mol. The van der Waals surface area contributed by atoms with E-state index < -0.39 is 9.84 Å². The van der Waals surface area contributed by atoms with E-state index in [1.165, 1.54) is 11.8 Å². The lowest BCUT2D eigenvalue weighted by Crippen LogP contribution is -2.20. The normalized spacial score (nSPS) is 24.7. The Morgan fingerprint density at radius 2 is 2.19 bits per heavy atom. The van der Waals surface area contributed by atoms with Gasteiger partial charge < -0.3 is 10.4 Å². The van der Waals surface area contributed by atoms with Gasteiger partial charge in [-0.05, 0) is 31.0 Å². The van der Waals surface area contributed by atoms with Crippen LogP contribution in [-0.4, -0.2) is 46.5 Å². The van der Waals surface area contributed by atoms with E-state index in [0.717, 1.165) is 16.8 Å². The molecule has 1 amide bonds. The highest BCUT2D eigenvalue weighted by Gasteiger charge is 2.36. The number of hydrogen-bond acceptors (Lipinski definition) is 6. The second-order valence-corrected chi connectivity index (χ2v) is 10.0. The zero-order valence-corrected chi connectivity index (χ0v) is 15.8. The van der Waals surface area contributed by atoms with Crippen molar-refractivity contribution >= 4 is 33.3 Å². The smallest absolute Gasteiger partial charge is 0.235 e. The van der Waals surface area contributed by atoms with Crippen molar-refractivity contribution in [3.05, 3.63) is 41.1 Å². The van der Waals surface area contributed by atoms with E-state index in [1.807, 2.05) is 13.0 Å². The maximum atomic E-state index is 12.3. The quantitative estimate of drug-likeness (QED) is 0.810. The highest BCUT2D eigenvalue weighted by Crippen LogP contribution is 2.45. The first-order valence-electron chi connectivity index (χ1n) is 8.34. The molecule has 1 fully saturated rings. The zero-order chi connectivity index (χ0) is 18.5. The summed E-state index contributed by atoms with van der Waals surface area (Å²) in [4.78, 5) is 12.3. The number of carbonyl (C=O) groups excluding carboxylic acids is 1. The first-order chi connectivity index (χ1) is 12.3. The summed E-state index contributed by atoms with van der Waals surface area (Å²) in [6.07, 6.45) is 0.496. The molecule has 2 aromatic rings. The Hall–Kier alpha value is -2.00. The molecule has 1 aromatic heterocycles. The number of carbonyl (C=O) groups is 1. The number of benzene rings is 1. The molecule has 0 aliphatic carbocycles. The van der Waals surface area contributed by atoms with Crippen LogP contribution in [0.5, 0.6) is 5.75 Å². The van der Waals surface area contributed by atoms with Crippen molar-refractivity contribution in [1.82, 2.24) is 9.78 Å². The molecule has 2 aliphatic heterocycles. The van der Waals surface area contributed by atoms with E-state index >= 15 is 0 Å². The number of thioether (sulfide) groups is 1. The summed E-state index contributed by atoms with van der Waals surface area (Å²) in [5, 5.41) is 17.2. The van der Waals surface area contributed by atoms with Crippen LogP contribution in [-0.2, 0) is 14.6 Å². The standard InChI is InChI=1S/C17H19N3O4S2/c1-10-15-16(11-3-2-4-13(21)7-11)25-8-14(22)18-17(15)20(19-10)12-5-6-26(23,24)9-12/h2-4,7,12,16,21H,5-6,8-9H2,1H3,(H,18,22)/t12-,16+/m0/s1. The van der Waals surface area contributed by atoms with Gasteiger partial charge in [-0.15, -0.1) is 11.8 Å². The second kappa shape index (κ2) is 6.31. The highest BCUT2D eigenvalue weighted by molar-refractivity contribution is 8.00. The second-order valence-electron chi connectivity index (χ2n) is 6.68. The molecule has 0 unspecified atom stereocenters. The van der Waals surface area contributed by atoms with E-state index in [0.29, 0.717) is 12.2 Å². The Kier molecular flexibility index (Phi) is 4.23. The first kappa shape index (κ1) is 17.4. The third-order valence-electron chi connectivity index (χ3n) is 4.76. The maximum absolute atomic E-state index is 12.3. The van der Waals surface area contributed by atoms with Gasteiger partial charge in [-0.25, -0.2) is 13.1 Å². The Morgan fingerprint density at radius 3 is 2.88 bits per heavy atom. The summed E-state index contributed by atoms with van der Waals surface area (Å²) >= 11 is 1.47. The van der Waals surface area contributed by atoms with Crippen LogP contribution in [0.1, 0.15) is 34.5 Å². The zero-order valence-electron chi connectivity index (χ0n) is 14.2. The SMILES string of the molecule is Cc1nn([C@H]2CCS(=O)(=O)C2)c2c1[C@@H](c1cccc(O)c1)SCC(=O)N2. The maximum Gasteiger partial charge on any atom is 0.235 e. The number of fused-ring (bicyclic) bond motifs is 1. The molecule has 3 heterocycles. The molecule has 0 spiro atoms. The summed E-state index contributed by atoms with van der Waals surface area (Å²) < 4.78 is 25.4. The molecule has 0 radical (unpaired) electrons. The molecule has 7 nitrogen and oxygen atoms in total. The number of nitrogens with zero attached hydrogens (tertiary/aromatic N) is 2. The molecule has 1 saturated heterocycles. The Balaban J connectivity index is 1.83. The van der Waals surface area contributed by atoms with Gasteiger partial charge in [0, 0.05) is 5.56 Å². The molecule has 2 N–H and O–H groups in total. The Morgan fingerprint density at radius 1 is 1.38 bits per heavy atom. The van der Waals surface area contributed by atoms with Gasteiger partial charge in [-0.2, -0.15) is 5.10 Å². The number of rotatable bonds is 2. The number of anilines is 1. The lowest BCUT2D eigenvalue weighted by atomic mass is 10.0. The molecule has 0 saturated carbocycles. The van der Waals surface area contributed by atoms with Gasteiger partial charge in [-0.1, -0.05) is 12.1 Å². The fourth-order valence-electron chi connectivity index (χ4n) is 3.59. The number of phenolic OH excluding ortho intramolecular Hbond substituents is 1. The average Bonchev–Trinajstić information content (AvgIpc) is 3.02. The predicted molar refractivity (Wildman–Crippen MR) is 100 cm³/mol. The number of sulfone groups is 1. The molecule has 1 aromatic carbocycles. The fraction of sp³-hybridized carbons (Fsp3) is 0.412. The van der Waals surface area contributed by atoms with Crippen molar-refractivity contribution in [2.45, 2.75) is 24.6 Å². The van der Waals surface area contributed by atoms with E-state index in [1.54, 1.807) is 22.9 Å². The minimum Gasteiger partial charge on any atom is -0.508 e. The van der Waals surface area contributed by atoms with Crippen LogP contribution < -0.4 is 5.32 Å². The van der Waals surface area contributed by atoms with Crippen molar-refractivity contribution in [2.24, 2.45) is 0 Å². The molecule has 2 aliphatic rings. The lowest BCUT2D eigenvalue weighted by molar-refractivity contribution is -0.113. The topological polar surface area (TPSA) is 101 Å². The molecule has 138 valence electrons.